The van der Waals surface area contributed by atoms with Gasteiger partial charge in [0.05, 0.1) is 12.2 Å². The van der Waals surface area contributed by atoms with Crippen LogP contribution in [0.4, 0.5) is 0 Å². The summed E-state index contributed by atoms with van der Waals surface area (Å²) in [5, 5.41) is 39.4. The molecule has 0 amide bonds. The van der Waals surface area contributed by atoms with Crippen LogP contribution in [0.2, 0.25) is 0 Å². The molecule has 0 saturated heterocycles. The van der Waals surface area contributed by atoms with Crippen LogP contribution in [0.25, 0.3) is 0 Å². The van der Waals surface area contributed by atoms with Crippen LogP contribution in [0.1, 0.15) is 61.8 Å². The summed E-state index contributed by atoms with van der Waals surface area (Å²) in [5.74, 6) is 0. The third-order valence-corrected chi connectivity index (χ3v) is 2.78. The van der Waals surface area contributed by atoms with E-state index in [0.717, 1.165) is 0 Å². The van der Waals surface area contributed by atoms with Crippen LogP contribution in [0.5, 0.6) is 0 Å². The first-order valence-corrected chi connectivity index (χ1v) is 6.56. The maximum Gasteiger partial charge on any atom is 0.108 e. The monoisotopic (exact) mass is 278 g/mol. The molecule has 0 aromatic carbocycles. The fraction of sp³-hybridized carbons (Fsp3) is 1.00. The molecule has 0 aliphatic rings. The van der Waals surface area contributed by atoms with Crippen molar-refractivity contribution >= 4 is 0 Å². The van der Waals surface area contributed by atoms with Gasteiger partial charge in [-0.2, -0.15) is 0 Å². The van der Waals surface area contributed by atoms with E-state index in [-0.39, 0.29) is 18.3 Å². The fourth-order valence-electron chi connectivity index (χ4n) is 1.95. The lowest BCUT2D eigenvalue weighted by atomic mass is 9.83. The van der Waals surface area contributed by atoms with E-state index in [1.54, 1.807) is 0 Å². The van der Waals surface area contributed by atoms with E-state index in [4.69, 9.17) is 0 Å². The van der Waals surface area contributed by atoms with Crippen molar-refractivity contribution < 1.29 is 20.4 Å². The Bertz CT molecular complexity index is 214. The minimum atomic E-state index is -1.32. The number of rotatable bonds is 5. The zero-order chi connectivity index (χ0) is 14.7. The molecule has 4 atom stereocenters. The first-order chi connectivity index (χ1) is 7.83. The molecular weight excluding hydrogens is 244 g/mol. The van der Waals surface area contributed by atoms with Crippen molar-refractivity contribution in [1.29, 1.82) is 0 Å². The Morgan fingerprint density at radius 1 is 0.632 bits per heavy atom. The van der Waals surface area contributed by atoms with E-state index in [9.17, 15) is 20.4 Å². The Morgan fingerprint density at radius 3 is 1.00 bits per heavy atom. The molecule has 118 valence electrons. The maximum atomic E-state index is 9.86. The molecule has 0 radical (unpaired) electrons. The van der Waals surface area contributed by atoms with E-state index in [1.165, 1.54) is 0 Å². The third kappa shape index (κ3) is 9.38. The van der Waals surface area contributed by atoms with Crippen LogP contribution in [0, 0.1) is 10.8 Å². The van der Waals surface area contributed by atoms with Crippen molar-refractivity contribution in [2.75, 3.05) is 0 Å². The van der Waals surface area contributed by atoms with Crippen LogP contribution in [-0.2, 0) is 0 Å². The van der Waals surface area contributed by atoms with Gasteiger partial charge in [0, 0.05) is 0 Å². The van der Waals surface area contributed by atoms with Crippen LogP contribution >= 0.6 is 0 Å². The topological polar surface area (TPSA) is 80.9 Å². The van der Waals surface area contributed by atoms with Gasteiger partial charge in [-0.25, -0.2) is 0 Å². The Labute approximate surface area is 118 Å². The molecule has 0 aliphatic carbocycles. The summed E-state index contributed by atoms with van der Waals surface area (Å²) in [6.45, 7) is 11.7. The first-order valence-electron chi connectivity index (χ1n) is 6.56. The predicted octanol–water partition coefficient (Wildman–Crippen LogP) is 1.94. The minimum Gasteiger partial charge on any atom is -0.390 e. The maximum absolute atomic E-state index is 9.86. The Kier molecular flexibility index (Phi) is 8.43. The summed E-state index contributed by atoms with van der Waals surface area (Å²) in [6, 6.07) is 0. The summed E-state index contributed by atoms with van der Waals surface area (Å²) in [7, 11) is 0. The standard InChI is InChI=1S/C14H30O4.CH4/c1-13(2,3)7-9(15)11(17)12(18)10(16)8-14(4,5)6;/h9-12,15-18H,7-8H2,1-6H3;1H4/t9-,10+,11+,12-;. The predicted molar refractivity (Wildman–Crippen MR) is 78.9 cm³/mol. The van der Waals surface area contributed by atoms with E-state index >= 15 is 0 Å². The molecule has 4 heteroatoms. The van der Waals surface area contributed by atoms with Gasteiger partial charge in [-0.1, -0.05) is 49.0 Å². The highest BCUT2D eigenvalue weighted by Crippen LogP contribution is 2.26. The zero-order valence-electron chi connectivity index (χ0n) is 12.5. The van der Waals surface area contributed by atoms with Gasteiger partial charge in [-0.05, 0) is 23.7 Å². The van der Waals surface area contributed by atoms with Crippen LogP contribution in [-0.4, -0.2) is 44.8 Å². The molecule has 4 nitrogen and oxygen atoms in total. The van der Waals surface area contributed by atoms with Gasteiger partial charge in [-0.15, -0.1) is 0 Å². The van der Waals surface area contributed by atoms with Gasteiger partial charge < -0.3 is 20.4 Å². The molecule has 0 aromatic heterocycles. The Hall–Kier alpha value is -0.160. The molecule has 0 aliphatic heterocycles. The summed E-state index contributed by atoms with van der Waals surface area (Å²) >= 11 is 0. The van der Waals surface area contributed by atoms with Crippen molar-refractivity contribution in [3.63, 3.8) is 0 Å². The van der Waals surface area contributed by atoms with Crippen molar-refractivity contribution in [3.8, 4) is 0 Å². The Morgan fingerprint density at radius 2 is 0.842 bits per heavy atom. The molecule has 0 rings (SSSR count). The van der Waals surface area contributed by atoms with Gasteiger partial charge in [0.25, 0.3) is 0 Å². The quantitative estimate of drug-likeness (QED) is 0.619. The summed E-state index contributed by atoms with van der Waals surface area (Å²) in [5.41, 5.74) is -0.288. The van der Waals surface area contributed by atoms with E-state index in [1.807, 2.05) is 41.5 Å². The summed E-state index contributed by atoms with van der Waals surface area (Å²) < 4.78 is 0. The number of hydrogen-bond donors (Lipinski definition) is 4. The molecule has 0 fully saturated rings. The fourth-order valence-corrected chi connectivity index (χ4v) is 1.95. The second kappa shape index (κ2) is 7.58. The molecule has 19 heavy (non-hydrogen) atoms. The van der Waals surface area contributed by atoms with Crippen molar-refractivity contribution in [3.05, 3.63) is 0 Å². The van der Waals surface area contributed by atoms with Gasteiger partial charge in [0.1, 0.15) is 12.2 Å². The third-order valence-electron chi connectivity index (χ3n) is 2.78. The van der Waals surface area contributed by atoms with E-state index in [0.29, 0.717) is 12.8 Å². The molecule has 4 N–H and O–H groups in total. The normalized spacial score (nSPS) is 19.3. The molecule has 0 aromatic rings. The lowest BCUT2D eigenvalue weighted by molar-refractivity contribution is -0.118. The average molecular weight is 278 g/mol. The molecule has 0 saturated carbocycles. The number of hydrogen-bond acceptors (Lipinski definition) is 4. The molecule has 0 bridgehead atoms. The SMILES string of the molecule is C.CC(C)(C)C[C@@H](O)[C@H](O)[C@H](O)[C@@H](O)CC(C)(C)C. The smallest absolute Gasteiger partial charge is 0.108 e. The lowest BCUT2D eigenvalue weighted by Crippen LogP contribution is -2.46. The van der Waals surface area contributed by atoms with Crippen LogP contribution in [0.15, 0.2) is 0 Å². The molecule has 0 unspecified atom stereocenters. The first kappa shape index (κ1) is 21.1. The highest BCUT2D eigenvalue weighted by molar-refractivity contribution is 4.85. The zero-order valence-corrected chi connectivity index (χ0v) is 12.5. The van der Waals surface area contributed by atoms with Crippen molar-refractivity contribution in [2.24, 2.45) is 10.8 Å². The largest absolute Gasteiger partial charge is 0.390 e. The summed E-state index contributed by atoms with van der Waals surface area (Å²) in [6.07, 6.45) is -3.96. The lowest BCUT2D eigenvalue weighted by Gasteiger charge is -2.32. The summed E-state index contributed by atoms with van der Waals surface area (Å²) in [4.78, 5) is 0. The number of aliphatic hydroxyl groups excluding tert-OH is 4. The molecular formula is C15H34O4. The van der Waals surface area contributed by atoms with Gasteiger partial charge >= 0.3 is 0 Å². The number of aliphatic hydroxyl groups is 4. The molecule has 0 spiro atoms. The second-order valence-electron chi connectivity index (χ2n) is 7.65. The Balaban J connectivity index is 0. The second-order valence-corrected chi connectivity index (χ2v) is 7.65. The van der Waals surface area contributed by atoms with Crippen LogP contribution < -0.4 is 0 Å². The average Bonchev–Trinajstić information content (AvgIpc) is 2.09. The van der Waals surface area contributed by atoms with Gasteiger partial charge in [0.2, 0.25) is 0 Å². The highest BCUT2D eigenvalue weighted by atomic mass is 16.4. The van der Waals surface area contributed by atoms with E-state index < -0.39 is 24.4 Å². The highest BCUT2D eigenvalue weighted by Gasteiger charge is 2.34. The van der Waals surface area contributed by atoms with Crippen LogP contribution in [0.3, 0.4) is 0 Å². The van der Waals surface area contributed by atoms with E-state index in [2.05, 4.69) is 0 Å². The molecule has 0 heterocycles. The van der Waals surface area contributed by atoms with Crippen molar-refractivity contribution in [1.82, 2.24) is 0 Å². The van der Waals surface area contributed by atoms with Gasteiger partial charge in [-0.3, -0.25) is 0 Å². The van der Waals surface area contributed by atoms with Crippen molar-refractivity contribution in [2.45, 2.75) is 86.2 Å². The van der Waals surface area contributed by atoms with Gasteiger partial charge in [0.15, 0.2) is 0 Å². The minimum absolute atomic E-state index is 0.